The molecule has 2 saturated carbocycles. The van der Waals surface area contributed by atoms with Crippen LogP contribution in [0, 0.1) is 0 Å². The highest BCUT2D eigenvalue weighted by Crippen LogP contribution is 2.51. The van der Waals surface area contributed by atoms with E-state index in [0.29, 0.717) is 0 Å². The Hall–Kier alpha value is -0.140. The molecule has 0 aromatic rings. The van der Waals surface area contributed by atoms with E-state index in [1.54, 1.807) is 0 Å². The molecule has 0 aromatic heterocycles. The maximum atomic E-state index is 12.3. The van der Waals surface area contributed by atoms with Gasteiger partial charge in [0.15, 0.2) is 0 Å². The van der Waals surface area contributed by atoms with Crippen molar-refractivity contribution >= 4 is 15.6 Å². The van der Waals surface area contributed by atoms with Gasteiger partial charge in [-0.2, -0.15) is 0 Å². The number of rotatable bonds is 6. The number of aliphatic hydroxyl groups excluding tert-OH is 9. The van der Waals surface area contributed by atoms with E-state index in [1.807, 2.05) is 0 Å². The highest BCUT2D eigenvalue weighted by molar-refractivity contribution is 7.47. The van der Waals surface area contributed by atoms with Gasteiger partial charge in [-0.15, -0.1) is 0 Å². The van der Waals surface area contributed by atoms with Crippen molar-refractivity contribution in [1.29, 1.82) is 0 Å². The average molecular weight is 502 g/mol. The first-order chi connectivity index (χ1) is 14.0. The predicted molar refractivity (Wildman–Crippen MR) is 90.5 cm³/mol. The fourth-order valence-corrected chi connectivity index (χ4v) is 4.97. The zero-order valence-corrected chi connectivity index (χ0v) is 17.0. The molecule has 31 heavy (non-hydrogen) atoms. The van der Waals surface area contributed by atoms with Crippen LogP contribution in [0.15, 0.2) is 0 Å². The van der Waals surface area contributed by atoms with Crippen molar-refractivity contribution < 1.29 is 83.3 Å². The summed E-state index contributed by atoms with van der Waals surface area (Å²) in [4.78, 5) is 27.6. The fourth-order valence-electron chi connectivity index (χ4n) is 3.24. The summed E-state index contributed by atoms with van der Waals surface area (Å²) in [7, 11) is -10.9. The van der Waals surface area contributed by atoms with Gasteiger partial charge in [-0.1, -0.05) is 0 Å². The second-order valence-corrected chi connectivity index (χ2v) is 9.64. The first-order valence-electron chi connectivity index (χ1n) is 8.54. The third-order valence-corrected chi connectivity index (χ3v) is 6.43. The molecule has 12 N–H and O–H groups in total. The van der Waals surface area contributed by atoms with E-state index >= 15 is 0 Å². The molecule has 0 heterocycles. The standard InChI is InChI=1S/C12H24O17P2/c13-1-2(14)5(17)10(6(18)3(1)15)28-31(25,26)29-12-8(20)4(16)7(19)11(9(12)21)27-30(22,23)24/h1-21H,(H,25,26)(H2,22,23,24). The van der Waals surface area contributed by atoms with E-state index in [-0.39, 0.29) is 0 Å². The number of phosphoric acid groups is 2. The lowest BCUT2D eigenvalue weighted by atomic mass is 9.85. The highest BCUT2D eigenvalue weighted by atomic mass is 31.2. The summed E-state index contributed by atoms with van der Waals surface area (Å²) in [6, 6.07) is 0. The van der Waals surface area contributed by atoms with Gasteiger partial charge in [-0.05, 0) is 0 Å². The van der Waals surface area contributed by atoms with Crippen molar-refractivity contribution in [3.63, 3.8) is 0 Å². The minimum absolute atomic E-state index is 2.05. The largest absolute Gasteiger partial charge is 0.473 e. The van der Waals surface area contributed by atoms with Crippen LogP contribution >= 0.6 is 15.6 Å². The Balaban J connectivity index is 2.22. The van der Waals surface area contributed by atoms with Crippen molar-refractivity contribution in [3.8, 4) is 0 Å². The van der Waals surface area contributed by atoms with E-state index < -0.39 is 88.9 Å². The molecule has 17 nitrogen and oxygen atoms in total. The molecule has 2 rings (SSSR count). The minimum Gasteiger partial charge on any atom is -0.387 e. The second-order valence-electron chi connectivity index (χ2n) is 7.08. The molecule has 2 fully saturated rings. The zero-order valence-electron chi connectivity index (χ0n) is 15.2. The van der Waals surface area contributed by atoms with Gasteiger partial charge < -0.3 is 60.6 Å². The van der Waals surface area contributed by atoms with Crippen LogP contribution in [0.25, 0.3) is 0 Å². The molecule has 11 atom stereocenters. The normalized spacial score (nSPS) is 48.9. The van der Waals surface area contributed by atoms with E-state index in [2.05, 4.69) is 13.6 Å². The van der Waals surface area contributed by atoms with Crippen LogP contribution in [0.3, 0.4) is 0 Å². The van der Waals surface area contributed by atoms with Gasteiger partial charge >= 0.3 is 15.6 Å². The van der Waals surface area contributed by atoms with E-state index in [1.165, 1.54) is 0 Å². The van der Waals surface area contributed by atoms with Crippen LogP contribution in [0.2, 0.25) is 0 Å². The molecule has 2 aliphatic carbocycles. The lowest BCUT2D eigenvalue weighted by Crippen LogP contribution is -2.65. The third kappa shape index (κ3) is 5.87. The maximum Gasteiger partial charge on any atom is 0.473 e. The average Bonchev–Trinajstić information content (AvgIpc) is 2.66. The van der Waals surface area contributed by atoms with Gasteiger partial charge in [0.05, 0.1) is 0 Å². The van der Waals surface area contributed by atoms with Crippen LogP contribution in [-0.4, -0.2) is 134 Å². The molecular formula is C12H24O17P2. The molecular weight excluding hydrogens is 478 g/mol. The Morgan fingerprint density at radius 1 is 0.419 bits per heavy atom. The Morgan fingerprint density at radius 3 is 1.03 bits per heavy atom. The Kier molecular flexibility index (Phi) is 8.41. The first-order valence-corrected chi connectivity index (χ1v) is 11.6. The molecule has 0 radical (unpaired) electrons. The van der Waals surface area contributed by atoms with Gasteiger partial charge in [-0.3, -0.25) is 13.6 Å². The molecule has 0 amide bonds. The summed E-state index contributed by atoms with van der Waals surface area (Å²) < 4.78 is 36.4. The second kappa shape index (κ2) is 9.61. The number of aliphatic hydroxyl groups is 9. The third-order valence-electron chi connectivity index (χ3n) is 4.89. The molecule has 0 saturated heterocycles. The SMILES string of the molecule is O=P(O)(O)OC1C(O)C(O)C(O)C(OP(=O)(O)OC2C(O)C(O)C(O)C(O)C2O)C1O. The van der Waals surface area contributed by atoms with E-state index in [0.717, 1.165) is 0 Å². The summed E-state index contributed by atoms with van der Waals surface area (Å²) in [5, 5.41) is 88.0. The lowest BCUT2D eigenvalue weighted by molar-refractivity contribution is -0.229. The quantitative estimate of drug-likeness (QED) is 0.150. The molecule has 19 heteroatoms. The summed E-state index contributed by atoms with van der Waals surface area (Å²) in [6.45, 7) is 0. The van der Waals surface area contributed by atoms with Crippen LogP contribution < -0.4 is 0 Å². The number of hydrogen-bond acceptors (Lipinski definition) is 14. The molecule has 184 valence electrons. The number of phosphoric ester groups is 2. The fraction of sp³-hybridized carbons (Fsp3) is 1.00. The van der Waals surface area contributed by atoms with Crippen LogP contribution in [0.1, 0.15) is 0 Å². The van der Waals surface area contributed by atoms with Gasteiger partial charge in [0.25, 0.3) is 0 Å². The molecule has 0 aromatic carbocycles. The molecule has 2 aliphatic rings. The first kappa shape index (κ1) is 27.1. The van der Waals surface area contributed by atoms with Crippen molar-refractivity contribution in [2.45, 2.75) is 73.2 Å². The van der Waals surface area contributed by atoms with Gasteiger partial charge in [0.2, 0.25) is 0 Å². The Morgan fingerprint density at radius 2 is 0.677 bits per heavy atom. The van der Waals surface area contributed by atoms with E-state index in [4.69, 9.17) is 9.79 Å². The van der Waals surface area contributed by atoms with Gasteiger partial charge in [0, 0.05) is 0 Å². The summed E-state index contributed by atoms with van der Waals surface area (Å²) in [5.41, 5.74) is 0. The Labute approximate surface area is 173 Å². The van der Waals surface area contributed by atoms with Crippen molar-refractivity contribution in [2.24, 2.45) is 0 Å². The van der Waals surface area contributed by atoms with Crippen LogP contribution in [0.4, 0.5) is 0 Å². The molecule has 0 spiro atoms. The molecule has 11 unspecified atom stereocenters. The smallest absolute Gasteiger partial charge is 0.387 e. The van der Waals surface area contributed by atoms with Crippen molar-refractivity contribution in [2.75, 3.05) is 0 Å². The predicted octanol–water partition coefficient (Wildman–Crippen LogP) is -6.39. The monoisotopic (exact) mass is 502 g/mol. The van der Waals surface area contributed by atoms with Gasteiger partial charge in [-0.25, -0.2) is 9.13 Å². The Bertz CT molecular complexity index is 699. The summed E-state index contributed by atoms with van der Waals surface area (Å²) >= 11 is 0. The van der Waals surface area contributed by atoms with Crippen molar-refractivity contribution in [1.82, 2.24) is 0 Å². The summed E-state index contributed by atoms with van der Waals surface area (Å²) in [5.74, 6) is 0. The maximum absolute atomic E-state index is 12.3. The van der Waals surface area contributed by atoms with Crippen LogP contribution in [-0.2, 0) is 22.7 Å². The van der Waals surface area contributed by atoms with E-state index in [9.17, 15) is 60.0 Å². The molecule has 0 bridgehead atoms. The molecule has 0 aliphatic heterocycles. The highest BCUT2D eigenvalue weighted by Gasteiger charge is 2.56. The number of hydrogen-bond donors (Lipinski definition) is 12. The summed E-state index contributed by atoms with van der Waals surface area (Å²) in [6.07, 6.45) is -27.0. The minimum atomic E-state index is -5.56. The zero-order chi connectivity index (χ0) is 24.0. The topological polar surface area (TPSA) is 305 Å². The lowest BCUT2D eigenvalue weighted by Gasteiger charge is -2.44. The van der Waals surface area contributed by atoms with Gasteiger partial charge in [0.1, 0.15) is 73.2 Å². The van der Waals surface area contributed by atoms with Crippen LogP contribution in [0.5, 0.6) is 0 Å². The van der Waals surface area contributed by atoms with Crippen molar-refractivity contribution in [3.05, 3.63) is 0 Å².